The van der Waals surface area contributed by atoms with Crippen LogP contribution >= 0.6 is 0 Å². The Morgan fingerprint density at radius 2 is 1.57 bits per heavy atom. The molecule has 69 heavy (non-hydrogen) atoms. The Bertz CT molecular complexity index is 2410. The van der Waals surface area contributed by atoms with Crippen LogP contribution in [0.2, 0.25) is 0 Å². The first-order valence-electron chi connectivity index (χ1n) is 23.9. The van der Waals surface area contributed by atoms with Gasteiger partial charge in [-0.05, 0) is 55.0 Å². The van der Waals surface area contributed by atoms with Gasteiger partial charge >= 0.3 is 0 Å². The zero-order valence-corrected chi connectivity index (χ0v) is 39.0. The maximum absolute atomic E-state index is 15.0. The molecule has 2 aromatic heterocycles. The lowest BCUT2D eigenvalue weighted by atomic mass is 9.84. The van der Waals surface area contributed by atoms with E-state index in [1.807, 2.05) is 17.0 Å². The van der Waals surface area contributed by atoms with Gasteiger partial charge < -0.3 is 51.0 Å². The van der Waals surface area contributed by atoms with Gasteiger partial charge in [-0.1, -0.05) is 24.3 Å². The molecule has 366 valence electrons. The van der Waals surface area contributed by atoms with E-state index in [-0.39, 0.29) is 67.3 Å². The van der Waals surface area contributed by atoms with Gasteiger partial charge in [0.2, 0.25) is 17.7 Å². The maximum Gasteiger partial charge on any atom is 0.274 e. The van der Waals surface area contributed by atoms with Crippen molar-refractivity contribution in [1.29, 1.82) is 5.41 Å². The van der Waals surface area contributed by atoms with Crippen LogP contribution in [0.25, 0.3) is 0 Å². The molecule has 4 saturated heterocycles. The third-order valence-corrected chi connectivity index (χ3v) is 13.6. The van der Waals surface area contributed by atoms with Crippen LogP contribution in [0.4, 0.5) is 15.8 Å². The number of nitrogens with one attached hydrogen (secondary N) is 3. The summed E-state index contributed by atoms with van der Waals surface area (Å²) < 4.78 is 20.6. The summed E-state index contributed by atoms with van der Waals surface area (Å²) >= 11 is 0. The van der Waals surface area contributed by atoms with Crippen LogP contribution in [-0.2, 0) is 32.1 Å². The van der Waals surface area contributed by atoms with E-state index in [1.165, 1.54) is 18.5 Å². The van der Waals surface area contributed by atoms with Gasteiger partial charge in [-0.2, -0.15) is 0 Å². The second-order valence-corrected chi connectivity index (χ2v) is 18.2. The van der Waals surface area contributed by atoms with E-state index >= 15 is 4.39 Å². The largest absolute Gasteiger partial charge is 0.378 e. The summed E-state index contributed by atoms with van der Waals surface area (Å²) in [6, 6.07) is 7.88. The van der Waals surface area contributed by atoms with E-state index in [2.05, 4.69) is 40.3 Å². The minimum atomic E-state index is -0.649. The second-order valence-electron chi connectivity index (χ2n) is 18.2. The van der Waals surface area contributed by atoms with Crippen molar-refractivity contribution in [2.75, 3.05) is 122 Å². The number of carbonyl (C=O) groups excluding carboxylic acids is 5. The second kappa shape index (κ2) is 23.2. The summed E-state index contributed by atoms with van der Waals surface area (Å²) in [6.07, 6.45) is 12.3. The number of aromatic nitrogens is 3. The number of primary amides is 1. The Morgan fingerprint density at radius 1 is 0.841 bits per heavy atom. The standard InChI is InChI=1S/C49H62FN13O6/c50-41-6-5-35(26-42(51)38-3-1-2-4-39(38)47(52)66)25-40(41)48(67)63-19-17-61(18-20-63)45(65)32-59-15-13-58(14-16-59)31-34-8-11-62(12-9-34)49(68)46-43(27-37(29-55-46)60-21-23-69-24-22-60)57-44(64)30-54-28-36-7-10-53-33-56-36/h1-2,4-7,10,25,27,29,33-34,38,51,54H,3,8-9,11-24,26,28,30-32H2,(H2,52,66)(H,57,64). The summed E-state index contributed by atoms with van der Waals surface area (Å²) in [7, 11) is 0. The number of benzene rings is 1. The average Bonchev–Trinajstić information content (AvgIpc) is 3.38. The molecule has 4 aliphatic heterocycles. The Morgan fingerprint density at radius 3 is 2.29 bits per heavy atom. The molecule has 8 rings (SSSR count). The number of piperazine rings is 2. The zero-order valence-electron chi connectivity index (χ0n) is 39.0. The molecule has 5 amide bonds. The fourth-order valence-corrected chi connectivity index (χ4v) is 9.62. The predicted octanol–water partition coefficient (Wildman–Crippen LogP) is 1.58. The molecule has 1 unspecified atom stereocenters. The topological polar surface area (TPSA) is 227 Å². The van der Waals surface area contributed by atoms with Crippen molar-refractivity contribution in [3.8, 4) is 0 Å². The van der Waals surface area contributed by atoms with Crippen LogP contribution in [-0.4, -0.2) is 186 Å². The average molecular weight is 948 g/mol. The number of likely N-dealkylation sites (tertiary alicyclic amines) is 1. The van der Waals surface area contributed by atoms with Gasteiger partial charge in [0.05, 0.1) is 55.1 Å². The zero-order chi connectivity index (χ0) is 48.3. The van der Waals surface area contributed by atoms with Gasteiger partial charge in [-0.15, -0.1) is 0 Å². The maximum atomic E-state index is 15.0. The SMILES string of the molecule is N=C(Cc1ccc(F)c(C(=O)N2CCN(C(=O)CN3CCN(CC4CCN(C(=O)c5ncc(N6CCOCC6)cc5NC(=O)CNCc5ccncn5)CC4)CC3)CC2)c1)C1CC=CC=C1C(N)=O. The summed E-state index contributed by atoms with van der Waals surface area (Å²) in [4.78, 5) is 90.7. The number of hydrogen-bond donors (Lipinski definition) is 4. The Hall–Kier alpha value is -6.48. The highest BCUT2D eigenvalue weighted by Crippen LogP contribution is 2.28. The number of nitrogens with two attached hydrogens (primary N) is 1. The molecule has 3 aromatic rings. The summed E-state index contributed by atoms with van der Waals surface area (Å²) in [5.41, 5.74) is 8.85. The molecule has 4 fully saturated rings. The van der Waals surface area contributed by atoms with Gasteiger partial charge in [0, 0.05) is 121 Å². The van der Waals surface area contributed by atoms with Crippen molar-refractivity contribution in [3.63, 3.8) is 0 Å². The predicted molar refractivity (Wildman–Crippen MR) is 256 cm³/mol. The van der Waals surface area contributed by atoms with E-state index in [4.69, 9.17) is 15.9 Å². The van der Waals surface area contributed by atoms with Crippen molar-refractivity contribution in [2.45, 2.75) is 32.2 Å². The lowest BCUT2D eigenvalue weighted by Gasteiger charge is -2.40. The lowest BCUT2D eigenvalue weighted by Crippen LogP contribution is -2.55. The van der Waals surface area contributed by atoms with E-state index < -0.39 is 23.5 Å². The molecule has 5 N–H and O–H groups in total. The highest BCUT2D eigenvalue weighted by atomic mass is 19.1. The fraction of sp³-hybridized carbons (Fsp3) is 0.490. The van der Waals surface area contributed by atoms with Crippen LogP contribution in [0.3, 0.4) is 0 Å². The number of pyridine rings is 1. The van der Waals surface area contributed by atoms with Crippen LogP contribution in [0.5, 0.6) is 0 Å². The molecular formula is C49H62FN13O6. The molecule has 0 bridgehead atoms. The van der Waals surface area contributed by atoms with Crippen molar-refractivity contribution >= 4 is 46.6 Å². The van der Waals surface area contributed by atoms with Gasteiger partial charge in [0.1, 0.15) is 12.1 Å². The Labute approximate surface area is 401 Å². The number of halogens is 1. The summed E-state index contributed by atoms with van der Waals surface area (Å²) in [5, 5.41) is 14.7. The molecular weight excluding hydrogens is 886 g/mol. The highest BCUT2D eigenvalue weighted by Gasteiger charge is 2.32. The molecule has 1 aromatic carbocycles. The van der Waals surface area contributed by atoms with Gasteiger partial charge in [0.15, 0.2) is 5.69 Å². The van der Waals surface area contributed by atoms with Gasteiger partial charge in [-0.25, -0.2) is 19.3 Å². The molecule has 1 aliphatic carbocycles. The van der Waals surface area contributed by atoms with Crippen molar-refractivity contribution in [1.82, 2.24) is 44.8 Å². The molecule has 20 heteroatoms. The molecule has 1 atom stereocenters. The quantitative estimate of drug-likeness (QED) is 0.150. The van der Waals surface area contributed by atoms with Gasteiger partial charge in [0.25, 0.3) is 11.8 Å². The van der Waals surface area contributed by atoms with Crippen molar-refractivity contribution < 1.29 is 33.1 Å². The number of allylic oxidation sites excluding steroid dienone is 3. The summed E-state index contributed by atoms with van der Waals surface area (Å²) in [5.74, 6) is -2.24. The first-order valence-corrected chi connectivity index (χ1v) is 23.9. The van der Waals surface area contributed by atoms with Crippen molar-refractivity contribution in [3.05, 3.63) is 101 Å². The van der Waals surface area contributed by atoms with Crippen LogP contribution in [0.15, 0.2) is 72.9 Å². The van der Waals surface area contributed by atoms with Gasteiger partial charge in [-0.3, -0.25) is 28.9 Å². The highest BCUT2D eigenvalue weighted by molar-refractivity contribution is 6.04. The number of nitrogens with zero attached hydrogens (tertiary/aromatic N) is 9. The summed E-state index contributed by atoms with van der Waals surface area (Å²) in [6.45, 7) is 9.76. The van der Waals surface area contributed by atoms with E-state index in [0.717, 1.165) is 56.9 Å². The third-order valence-electron chi connectivity index (χ3n) is 13.6. The minimum absolute atomic E-state index is 0.00407. The Balaban J connectivity index is 0.758. The molecule has 0 saturated carbocycles. The number of amides is 5. The van der Waals surface area contributed by atoms with Crippen LogP contribution in [0.1, 0.15) is 51.4 Å². The number of hydrogen-bond acceptors (Lipinski definition) is 14. The molecule has 0 radical (unpaired) electrons. The Kier molecular flexibility index (Phi) is 16.5. The monoisotopic (exact) mass is 947 g/mol. The first-order chi connectivity index (χ1) is 33.5. The lowest BCUT2D eigenvalue weighted by molar-refractivity contribution is -0.134. The number of rotatable bonds is 16. The number of ether oxygens (including phenoxy) is 1. The number of piperidine rings is 1. The van der Waals surface area contributed by atoms with E-state index in [9.17, 15) is 24.0 Å². The molecule has 6 heterocycles. The molecule has 5 aliphatic rings. The molecule has 19 nitrogen and oxygen atoms in total. The van der Waals surface area contributed by atoms with E-state index in [1.54, 1.807) is 46.5 Å². The normalized spacial score (nSPS) is 19.6. The fourth-order valence-electron chi connectivity index (χ4n) is 9.62. The number of anilines is 2. The first kappa shape index (κ1) is 49.0. The smallest absolute Gasteiger partial charge is 0.274 e. The number of carbonyl (C=O) groups is 5. The van der Waals surface area contributed by atoms with E-state index in [0.29, 0.717) is 88.2 Å². The van der Waals surface area contributed by atoms with Crippen LogP contribution in [0, 0.1) is 23.1 Å². The van der Waals surface area contributed by atoms with Crippen LogP contribution < -0.4 is 21.3 Å². The number of morpholine rings is 1. The minimum Gasteiger partial charge on any atom is -0.378 e. The third kappa shape index (κ3) is 12.8. The molecule has 0 spiro atoms. The van der Waals surface area contributed by atoms with Crippen molar-refractivity contribution in [2.24, 2.45) is 17.6 Å².